The van der Waals surface area contributed by atoms with Crippen molar-refractivity contribution in [3.05, 3.63) is 41.3 Å². The second kappa shape index (κ2) is 6.87. The average Bonchev–Trinajstić information content (AvgIpc) is 2.96. The molecule has 0 aliphatic carbocycles. The van der Waals surface area contributed by atoms with E-state index in [-0.39, 0.29) is 30.1 Å². The summed E-state index contributed by atoms with van der Waals surface area (Å²) in [5, 5.41) is 28.3. The second-order valence-corrected chi connectivity index (χ2v) is 4.86. The molecule has 1 heterocycles. The van der Waals surface area contributed by atoms with E-state index < -0.39 is 29.0 Å². The molecule has 0 spiro atoms. The number of Topliss-reactive ketones (excluding diaryl/α,β-unsaturated/α-hetero) is 1. The largest absolute Gasteiger partial charge is 0.507 e. The van der Waals surface area contributed by atoms with Gasteiger partial charge in [0.2, 0.25) is 5.76 Å². The summed E-state index contributed by atoms with van der Waals surface area (Å²) < 4.78 is 10.1. The molecule has 0 fully saturated rings. The smallest absolute Gasteiger partial charge is 0.374 e. The van der Waals surface area contributed by atoms with Crippen molar-refractivity contribution in [1.82, 2.24) is 0 Å². The summed E-state index contributed by atoms with van der Waals surface area (Å²) in [4.78, 5) is 23.7. The molecule has 7 nitrogen and oxygen atoms in total. The third-order valence-electron chi connectivity index (χ3n) is 3.03. The molecule has 0 saturated heterocycles. The van der Waals surface area contributed by atoms with Crippen LogP contribution in [0.1, 0.15) is 40.0 Å². The summed E-state index contributed by atoms with van der Waals surface area (Å²) in [7, 11) is 0. The van der Waals surface area contributed by atoms with Gasteiger partial charge in [-0.05, 0) is 24.6 Å². The van der Waals surface area contributed by atoms with Crippen LogP contribution in [0.5, 0.6) is 17.2 Å². The van der Waals surface area contributed by atoms with Crippen molar-refractivity contribution in [2.75, 3.05) is 6.61 Å². The van der Waals surface area contributed by atoms with Crippen LogP contribution in [0.3, 0.4) is 0 Å². The third kappa shape index (κ3) is 3.82. The van der Waals surface area contributed by atoms with E-state index in [4.69, 9.17) is 9.15 Å². The molecule has 0 bridgehead atoms. The van der Waals surface area contributed by atoms with Gasteiger partial charge < -0.3 is 24.5 Å². The molecule has 0 amide bonds. The van der Waals surface area contributed by atoms with E-state index in [1.54, 1.807) is 0 Å². The molecule has 0 saturated carbocycles. The highest BCUT2D eigenvalue weighted by molar-refractivity contribution is 6.00. The number of esters is 1. The van der Waals surface area contributed by atoms with E-state index in [2.05, 4.69) is 0 Å². The predicted octanol–water partition coefficient (Wildman–Crippen LogP) is 2.39. The Labute approximate surface area is 131 Å². The lowest BCUT2D eigenvalue weighted by Gasteiger charge is -2.05. The van der Waals surface area contributed by atoms with Crippen molar-refractivity contribution < 1.29 is 34.1 Å². The van der Waals surface area contributed by atoms with Crippen LogP contribution in [-0.2, 0) is 11.2 Å². The number of rotatable bonds is 6. The SMILES string of the molecule is CCCOC(=O)c1ccc(CC(=O)c2cc(O)c(O)cc2O)o1. The van der Waals surface area contributed by atoms with Gasteiger partial charge in [-0.25, -0.2) is 4.79 Å². The highest BCUT2D eigenvalue weighted by Gasteiger charge is 2.18. The number of furan rings is 1. The highest BCUT2D eigenvalue weighted by Crippen LogP contribution is 2.32. The zero-order chi connectivity index (χ0) is 17.0. The Kier molecular flexibility index (Phi) is 4.90. The van der Waals surface area contributed by atoms with Crippen molar-refractivity contribution in [3.8, 4) is 17.2 Å². The minimum absolute atomic E-state index is 0.0148. The Morgan fingerprint density at radius 2 is 1.78 bits per heavy atom. The summed E-state index contributed by atoms with van der Waals surface area (Å²) in [6, 6.07) is 4.69. The fraction of sp³-hybridized carbons (Fsp3) is 0.250. The monoisotopic (exact) mass is 320 g/mol. The zero-order valence-corrected chi connectivity index (χ0v) is 12.4. The molecule has 122 valence electrons. The average molecular weight is 320 g/mol. The summed E-state index contributed by atoms with van der Waals surface area (Å²) in [5.74, 6) is -2.47. The highest BCUT2D eigenvalue weighted by atomic mass is 16.5. The van der Waals surface area contributed by atoms with Gasteiger partial charge in [0.05, 0.1) is 18.6 Å². The van der Waals surface area contributed by atoms with Gasteiger partial charge in [-0.15, -0.1) is 0 Å². The zero-order valence-electron chi connectivity index (χ0n) is 12.4. The molecule has 0 radical (unpaired) electrons. The Balaban J connectivity index is 2.11. The van der Waals surface area contributed by atoms with Gasteiger partial charge in [-0.1, -0.05) is 6.92 Å². The van der Waals surface area contributed by atoms with E-state index in [9.17, 15) is 24.9 Å². The number of ketones is 1. The van der Waals surface area contributed by atoms with Crippen LogP contribution in [0.15, 0.2) is 28.7 Å². The Hall–Kier alpha value is -2.96. The van der Waals surface area contributed by atoms with Gasteiger partial charge in [-0.3, -0.25) is 4.79 Å². The number of benzene rings is 1. The van der Waals surface area contributed by atoms with Gasteiger partial charge >= 0.3 is 5.97 Å². The van der Waals surface area contributed by atoms with Crippen molar-refractivity contribution in [2.45, 2.75) is 19.8 Å². The van der Waals surface area contributed by atoms with Crippen molar-refractivity contribution in [1.29, 1.82) is 0 Å². The molecule has 0 aliphatic rings. The van der Waals surface area contributed by atoms with E-state index in [0.717, 1.165) is 12.1 Å². The van der Waals surface area contributed by atoms with Crippen molar-refractivity contribution in [3.63, 3.8) is 0 Å². The van der Waals surface area contributed by atoms with Gasteiger partial charge in [0.1, 0.15) is 11.5 Å². The Morgan fingerprint density at radius 3 is 2.48 bits per heavy atom. The first-order valence-corrected chi connectivity index (χ1v) is 6.96. The summed E-state index contributed by atoms with van der Waals surface area (Å²) >= 11 is 0. The molecule has 1 aromatic heterocycles. The fourth-order valence-electron chi connectivity index (χ4n) is 1.89. The molecule has 2 rings (SSSR count). The Morgan fingerprint density at radius 1 is 1.09 bits per heavy atom. The number of carbonyl (C=O) groups excluding carboxylic acids is 2. The molecule has 23 heavy (non-hydrogen) atoms. The lowest BCUT2D eigenvalue weighted by atomic mass is 10.1. The number of aromatic hydroxyl groups is 3. The third-order valence-corrected chi connectivity index (χ3v) is 3.03. The van der Waals surface area contributed by atoms with E-state index >= 15 is 0 Å². The topological polar surface area (TPSA) is 117 Å². The maximum absolute atomic E-state index is 12.1. The minimum Gasteiger partial charge on any atom is -0.507 e. The molecular weight excluding hydrogens is 304 g/mol. The summed E-state index contributed by atoms with van der Waals surface area (Å²) in [5.41, 5.74) is -0.160. The number of ether oxygens (including phenoxy) is 1. The molecule has 0 unspecified atom stereocenters. The molecule has 2 aromatic rings. The molecule has 1 aromatic carbocycles. The molecular formula is C16H16O7. The predicted molar refractivity (Wildman–Crippen MR) is 78.8 cm³/mol. The number of phenols is 3. The maximum atomic E-state index is 12.1. The Bertz CT molecular complexity index is 730. The van der Waals surface area contributed by atoms with Crippen molar-refractivity contribution >= 4 is 11.8 Å². The quantitative estimate of drug-likeness (QED) is 0.324. The van der Waals surface area contributed by atoms with Crippen LogP contribution in [-0.4, -0.2) is 33.7 Å². The normalized spacial score (nSPS) is 10.5. The molecule has 7 heteroatoms. The molecule has 0 aliphatic heterocycles. The number of carbonyl (C=O) groups is 2. The van der Waals surface area contributed by atoms with E-state index in [1.165, 1.54) is 12.1 Å². The minimum atomic E-state index is -0.615. The van der Waals surface area contributed by atoms with Crippen LogP contribution in [0.2, 0.25) is 0 Å². The maximum Gasteiger partial charge on any atom is 0.374 e. The van der Waals surface area contributed by atoms with Gasteiger partial charge in [-0.2, -0.15) is 0 Å². The lowest BCUT2D eigenvalue weighted by molar-refractivity contribution is 0.0466. The molecule has 3 N–H and O–H groups in total. The first-order chi connectivity index (χ1) is 10.9. The second-order valence-electron chi connectivity index (χ2n) is 4.86. The van der Waals surface area contributed by atoms with Crippen LogP contribution >= 0.6 is 0 Å². The number of hydrogen-bond acceptors (Lipinski definition) is 7. The van der Waals surface area contributed by atoms with Crippen LogP contribution in [0.4, 0.5) is 0 Å². The van der Waals surface area contributed by atoms with Crippen LogP contribution in [0, 0.1) is 0 Å². The van der Waals surface area contributed by atoms with E-state index in [0.29, 0.717) is 6.42 Å². The number of hydrogen-bond donors (Lipinski definition) is 3. The van der Waals surface area contributed by atoms with Crippen LogP contribution in [0.25, 0.3) is 0 Å². The first kappa shape index (κ1) is 16.4. The van der Waals surface area contributed by atoms with Crippen LogP contribution < -0.4 is 0 Å². The first-order valence-electron chi connectivity index (χ1n) is 6.96. The van der Waals surface area contributed by atoms with Gasteiger partial charge in [0, 0.05) is 6.07 Å². The lowest BCUT2D eigenvalue weighted by Crippen LogP contribution is -2.05. The standard InChI is InChI=1S/C16H16O7/c1-2-5-22-16(21)15-4-3-9(23-15)6-11(17)10-7-13(19)14(20)8-12(10)18/h3-4,7-8,18-20H,2,5-6H2,1H3. The number of phenolic OH excluding ortho intramolecular Hbond substituents is 3. The molecule has 0 atom stereocenters. The van der Waals surface area contributed by atoms with Gasteiger partial charge in [0.25, 0.3) is 0 Å². The van der Waals surface area contributed by atoms with Gasteiger partial charge in [0.15, 0.2) is 17.3 Å². The summed E-state index contributed by atoms with van der Waals surface area (Å²) in [6.45, 7) is 2.13. The fourth-order valence-corrected chi connectivity index (χ4v) is 1.89. The van der Waals surface area contributed by atoms with E-state index in [1.807, 2.05) is 6.92 Å². The van der Waals surface area contributed by atoms with Crippen molar-refractivity contribution in [2.24, 2.45) is 0 Å². The summed E-state index contributed by atoms with van der Waals surface area (Å²) in [6.07, 6.45) is 0.459.